The predicted molar refractivity (Wildman–Crippen MR) is 127 cm³/mol. The highest BCUT2D eigenvalue weighted by atomic mass is 16.4. The standard InChI is InChI=1S/C18H23N5O2.C5H8O4/c1-20-16(24)13-7-5-11(6-8-13)3-2-4-12-9-14-15(21-10-12)22-18(19)23-17(14)25;6-4(7)2-1-3-5(8)9/h5-8,12H,2-4,9-10H2,1H3,(H,20,24)(H4,19,21,22,23,25);1-3H2,(H,6,7)(H,8,9). The van der Waals surface area contributed by atoms with E-state index in [9.17, 15) is 19.2 Å². The van der Waals surface area contributed by atoms with Crippen LogP contribution in [-0.2, 0) is 22.4 Å². The molecule has 11 heteroatoms. The molecule has 184 valence electrons. The van der Waals surface area contributed by atoms with Gasteiger partial charge in [-0.25, -0.2) is 0 Å². The van der Waals surface area contributed by atoms with Crippen molar-refractivity contribution in [3.63, 3.8) is 0 Å². The minimum Gasteiger partial charge on any atom is -0.481 e. The molecule has 3 rings (SSSR count). The Morgan fingerprint density at radius 3 is 2.35 bits per heavy atom. The number of benzene rings is 1. The minimum absolute atomic E-state index is 0.0632. The zero-order valence-corrected chi connectivity index (χ0v) is 19.1. The molecule has 1 unspecified atom stereocenters. The van der Waals surface area contributed by atoms with Crippen molar-refractivity contribution in [3.8, 4) is 0 Å². The fourth-order valence-electron chi connectivity index (χ4n) is 3.61. The average Bonchev–Trinajstić information content (AvgIpc) is 2.79. The number of H-pyrrole nitrogens is 1. The molecule has 0 aliphatic carbocycles. The van der Waals surface area contributed by atoms with E-state index in [1.165, 1.54) is 5.56 Å². The van der Waals surface area contributed by atoms with Gasteiger partial charge >= 0.3 is 11.9 Å². The number of carboxylic acids is 2. The number of nitrogens with zero attached hydrogens (tertiary/aromatic N) is 1. The van der Waals surface area contributed by atoms with Crippen molar-refractivity contribution in [2.75, 3.05) is 24.6 Å². The Hall–Kier alpha value is -3.89. The third-order valence-electron chi connectivity index (χ3n) is 5.39. The summed E-state index contributed by atoms with van der Waals surface area (Å²) in [5.41, 5.74) is 8.00. The van der Waals surface area contributed by atoms with Crippen molar-refractivity contribution in [2.24, 2.45) is 5.92 Å². The molecule has 0 bridgehead atoms. The Morgan fingerprint density at radius 1 is 1.12 bits per heavy atom. The fraction of sp³-hybridized carbons (Fsp3) is 0.435. The number of nitrogens with one attached hydrogen (secondary N) is 3. The van der Waals surface area contributed by atoms with E-state index in [2.05, 4.69) is 20.6 Å². The maximum Gasteiger partial charge on any atom is 0.303 e. The second-order valence-corrected chi connectivity index (χ2v) is 8.04. The van der Waals surface area contributed by atoms with Gasteiger partial charge in [-0.15, -0.1) is 0 Å². The number of aryl methyl sites for hydroxylation is 1. The molecule has 0 radical (unpaired) electrons. The Labute approximate surface area is 196 Å². The number of hydrogen-bond acceptors (Lipinski definition) is 7. The van der Waals surface area contributed by atoms with Gasteiger partial charge in [0.05, 0.1) is 5.56 Å². The number of anilines is 2. The first kappa shape index (κ1) is 26.4. The van der Waals surface area contributed by atoms with E-state index < -0.39 is 11.9 Å². The lowest BCUT2D eigenvalue weighted by molar-refractivity contribution is -0.138. The highest BCUT2D eigenvalue weighted by Gasteiger charge is 2.22. The van der Waals surface area contributed by atoms with Crippen molar-refractivity contribution < 1.29 is 24.6 Å². The lowest BCUT2D eigenvalue weighted by Gasteiger charge is -2.24. The molecule has 0 saturated heterocycles. The van der Waals surface area contributed by atoms with Crippen LogP contribution < -0.4 is 21.9 Å². The number of aromatic amines is 1. The van der Waals surface area contributed by atoms with Gasteiger partial charge in [-0.1, -0.05) is 12.1 Å². The number of fused-ring (bicyclic) bond motifs is 1. The van der Waals surface area contributed by atoms with Crippen LogP contribution in [0.2, 0.25) is 0 Å². The Morgan fingerprint density at radius 2 is 1.76 bits per heavy atom. The topological polar surface area (TPSA) is 187 Å². The summed E-state index contributed by atoms with van der Waals surface area (Å²) in [6.07, 6.45) is 3.81. The van der Waals surface area contributed by atoms with E-state index in [1.54, 1.807) is 7.05 Å². The summed E-state index contributed by atoms with van der Waals surface area (Å²) in [6.45, 7) is 0.804. The molecular weight excluding hydrogens is 442 g/mol. The van der Waals surface area contributed by atoms with Gasteiger partial charge in [-0.3, -0.25) is 24.2 Å². The Balaban J connectivity index is 0.000000387. The highest BCUT2D eigenvalue weighted by molar-refractivity contribution is 5.93. The van der Waals surface area contributed by atoms with Gasteiger partial charge in [0.25, 0.3) is 11.5 Å². The molecule has 2 aromatic rings. The second kappa shape index (κ2) is 13.0. The molecule has 0 fully saturated rings. The van der Waals surface area contributed by atoms with Crippen LogP contribution >= 0.6 is 0 Å². The maximum absolute atomic E-state index is 12.0. The first-order valence-electron chi connectivity index (χ1n) is 11.1. The summed E-state index contributed by atoms with van der Waals surface area (Å²) in [5.74, 6) is -0.799. The van der Waals surface area contributed by atoms with Gasteiger partial charge in [-0.2, -0.15) is 4.98 Å². The SMILES string of the molecule is CNC(=O)c1ccc(CCCC2CNc3nc(N)[nH]c(=O)c3C2)cc1.O=C(O)CCCC(=O)O. The summed E-state index contributed by atoms with van der Waals surface area (Å²) in [6, 6.07) is 7.69. The molecule has 1 aliphatic rings. The molecular formula is C23H31N5O6. The quantitative estimate of drug-likeness (QED) is 0.315. The molecule has 0 saturated carbocycles. The number of carboxylic acid groups (broad SMARTS) is 2. The zero-order chi connectivity index (χ0) is 25.1. The number of nitrogens with two attached hydrogens (primary N) is 1. The first-order valence-corrected chi connectivity index (χ1v) is 11.1. The Kier molecular flexibility index (Phi) is 10.1. The van der Waals surface area contributed by atoms with E-state index in [0.717, 1.165) is 32.2 Å². The maximum atomic E-state index is 12.0. The number of hydrogen-bond donors (Lipinski definition) is 6. The van der Waals surface area contributed by atoms with Crippen LogP contribution in [0.1, 0.15) is 53.6 Å². The van der Waals surface area contributed by atoms with Crippen LogP contribution in [0.3, 0.4) is 0 Å². The summed E-state index contributed by atoms with van der Waals surface area (Å²) in [5, 5.41) is 21.9. The zero-order valence-electron chi connectivity index (χ0n) is 19.1. The molecule has 1 atom stereocenters. The number of aromatic nitrogens is 2. The molecule has 34 heavy (non-hydrogen) atoms. The summed E-state index contributed by atoms with van der Waals surface area (Å²) < 4.78 is 0. The number of carbonyl (C=O) groups excluding carboxylic acids is 1. The molecule has 1 aliphatic heterocycles. The van der Waals surface area contributed by atoms with Crippen molar-refractivity contribution in [2.45, 2.75) is 44.9 Å². The molecule has 11 nitrogen and oxygen atoms in total. The van der Waals surface area contributed by atoms with E-state index >= 15 is 0 Å². The van der Waals surface area contributed by atoms with Crippen molar-refractivity contribution in [3.05, 3.63) is 51.3 Å². The number of nitrogen functional groups attached to an aromatic ring is 1. The van der Waals surface area contributed by atoms with Crippen LogP contribution in [0, 0.1) is 5.92 Å². The molecule has 7 N–H and O–H groups in total. The number of carbonyl (C=O) groups is 3. The molecule has 1 aromatic carbocycles. The third kappa shape index (κ3) is 8.57. The van der Waals surface area contributed by atoms with Crippen LogP contribution in [0.25, 0.3) is 0 Å². The van der Waals surface area contributed by atoms with Crippen LogP contribution in [0.5, 0.6) is 0 Å². The van der Waals surface area contributed by atoms with E-state index in [-0.39, 0.29) is 36.7 Å². The van der Waals surface area contributed by atoms with E-state index in [0.29, 0.717) is 22.9 Å². The van der Waals surface area contributed by atoms with Crippen LogP contribution in [0.15, 0.2) is 29.1 Å². The van der Waals surface area contributed by atoms with Crippen LogP contribution in [0.4, 0.5) is 11.8 Å². The molecule has 2 heterocycles. The van der Waals surface area contributed by atoms with Crippen molar-refractivity contribution >= 4 is 29.6 Å². The van der Waals surface area contributed by atoms with Crippen LogP contribution in [-0.4, -0.2) is 51.6 Å². The number of aliphatic carboxylic acids is 2. The largest absolute Gasteiger partial charge is 0.481 e. The summed E-state index contributed by atoms with van der Waals surface area (Å²) in [4.78, 5) is 49.8. The second-order valence-electron chi connectivity index (χ2n) is 8.04. The van der Waals surface area contributed by atoms with E-state index in [4.69, 9.17) is 15.9 Å². The molecule has 1 amide bonds. The monoisotopic (exact) mass is 473 g/mol. The molecule has 1 aromatic heterocycles. The smallest absolute Gasteiger partial charge is 0.303 e. The lowest BCUT2D eigenvalue weighted by atomic mass is 9.91. The van der Waals surface area contributed by atoms with Gasteiger partial charge in [0.15, 0.2) is 0 Å². The average molecular weight is 474 g/mol. The number of amides is 1. The molecule has 0 spiro atoms. The third-order valence-corrected chi connectivity index (χ3v) is 5.39. The Bertz CT molecular complexity index is 1040. The minimum atomic E-state index is -0.948. The van der Waals surface area contributed by atoms with Gasteiger partial charge < -0.3 is 26.6 Å². The van der Waals surface area contributed by atoms with Gasteiger partial charge in [0.1, 0.15) is 5.82 Å². The summed E-state index contributed by atoms with van der Waals surface area (Å²) >= 11 is 0. The lowest BCUT2D eigenvalue weighted by Crippen LogP contribution is -2.30. The number of rotatable bonds is 9. The predicted octanol–water partition coefficient (Wildman–Crippen LogP) is 1.64. The van der Waals surface area contributed by atoms with Crippen molar-refractivity contribution in [1.29, 1.82) is 0 Å². The normalized spacial score (nSPS) is 14.1. The van der Waals surface area contributed by atoms with Gasteiger partial charge in [0.2, 0.25) is 5.95 Å². The fourth-order valence-corrected chi connectivity index (χ4v) is 3.61. The van der Waals surface area contributed by atoms with E-state index in [1.807, 2.05) is 24.3 Å². The first-order chi connectivity index (χ1) is 16.2. The van der Waals surface area contributed by atoms with Gasteiger partial charge in [-0.05, 0) is 55.7 Å². The summed E-state index contributed by atoms with van der Waals surface area (Å²) in [7, 11) is 1.63. The highest BCUT2D eigenvalue weighted by Crippen LogP contribution is 2.23. The van der Waals surface area contributed by atoms with Gasteiger partial charge in [0, 0.05) is 32.0 Å². The van der Waals surface area contributed by atoms with Crippen molar-refractivity contribution in [1.82, 2.24) is 15.3 Å².